The smallest absolute Gasteiger partial charge is 0.0430 e. The Morgan fingerprint density at radius 3 is 2.90 bits per heavy atom. The van der Waals surface area contributed by atoms with Crippen molar-refractivity contribution in [2.45, 2.75) is 35.6 Å². The van der Waals surface area contributed by atoms with Crippen LogP contribution >= 0.6 is 23.5 Å². The van der Waals surface area contributed by atoms with E-state index < -0.39 is 0 Å². The Balaban J connectivity index is 1.91. The number of pyridine rings is 1. The number of benzene rings is 1. The molecule has 4 unspecified atom stereocenters. The Hall–Kier alpha value is -0.710. The number of rotatable bonds is 2. The Kier molecular flexibility index (Phi) is 4.24. The summed E-state index contributed by atoms with van der Waals surface area (Å²) in [4.78, 5) is 4.26. The van der Waals surface area contributed by atoms with Gasteiger partial charge in [-0.25, -0.2) is 0 Å². The van der Waals surface area contributed by atoms with Crippen molar-refractivity contribution in [3.05, 3.63) is 42.2 Å². The second kappa shape index (κ2) is 5.96. The van der Waals surface area contributed by atoms with Crippen LogP contribution in [0.5, 0.6) is 0 Å². The molecule has 0 amide bonds. The number of nitrogens with zero attached hydrogens (tertiary/aromatic N) is 1. The van der Waals surface area contributed by atoms with E-state index in [2.05, 4.69) is 43.1 Å². The summed E-state index contributed by atoms with van der Waals surface area (Å²) in [6.07, 6.45) is 3.78. The Morgan fingerprint density at radius 2 is 2.10 bits per heavy atom. The lowest BCUT2D eigenvalue weighted by molar-refractivity contribution is 0.713. The monoisotopic (exact) mass is 304 g/mol. The van der Waals surface area contributed by atoms with E-state index in [0.717, 1.165) is 11.0 Å². The van der Waals surface area contributed by atoms with Crippen molar-refractivity contribution in [3.63, 3.8) is 0 Å². The molecule has 0 aliphatic carbocycles. The molecule has 2 heterocycles. The van der Waals surface area contributed by atoms with Crippen LogP contribution in [0.1, 0.15) is 25.5 Å². The third kappa shape index (κ3) is 2.69. The third-order valence-corrected chi connectivity index (χ3v) is 7.57. The van der Waals surface area contributed by atoms with Crippen LogP contribution in [0.15, 0.2) is 36.7 Å². The zero-order chi connectivity index (χ0) is 14.1. The highest BCUT2D eigenvalue weighted by atomic mass is 32.2. The molecule has 1 aromatic carbocycles. The molecular weight excluding hydrogens is 284 g/mol. The largest absolute Gasteiger partial charge is 0.323 e. The molecule has 2 N–H and O–H groups in total. The summed E-state index contributed by atoms with van der Waals surface area (Å²) in [6.45, 7) is 4.62. The lowest BCUT2D eigenvalue weighted by Gasteiger charge is -2.34. The molecule has 20 heavy (non-hydrogen) atoms. The first-order chi connectivity index (χ1) is 9.66. The number of thioether (sulfide) groups is 2. The van der Waals surface area contributed by atoms with E-state index in [-0.39, 0.29) is 6.04 Å². The SMILES string of the molecule is CC1SCC(C(N)c2cccc3ccncc23)SC1C. The van der Waals surface area contributed by atoms with Crippen LogP contribution in [-0.2, 0) is 0 Å². The summed E-state index contributed by atoms with van der Waals surface area (Å²) in [5.74, 6) is 1.13. The number of hydrogen-bond acceptors (Lipinski definition) is 4. The van der Waals surface area contributed by atoms with Crippen molar-refractivity contribution in [3.8, 4) is 0 Å². The Bertz CT molecular complexity index is 597. The molecule has 0 saturated carbocycles. The zero-order valence-corrected chi connectivity index (χ0v) is 13.5. The average Bonchev–Trinajstić information content (AvgIpc) is 2.49. The van der Waals surface area contributed by atoms with Crippen molar-refractivity contribution >= 4 is 34.3 Å². The van der Waals surface area contributed by atoms with Gasteiger partial charge in [0.2, 0.25) is 0 Å². The van der Waals surface area contributed by atoms with Gasteiger partial charge in [-0.05, 0) is 17.0 Å². The van der Waals surface area contributed by atoms with Gasteiger partial charge in [0.1, 0.15) is 0 Å². The van der Waals surface area contributed by atoms with Gasteiger partial charge in [-0.15, -0.1) is 0 Å². The molecule has 4 heteroatoms. The molecule has 1 fully saturated rings. The Labute approximate surface area is 128 Å². The van der Waals surface area contributed by atoms with E-state index >= 15 is 0 Å². The first kappa shape index (κ1) is 14.2. The molecule has 2 nitrogen and oxygen atoms in total. The van der Waals surface area contributed by atoms with E-state index in [4.69, 9.17) is 5.73 Å². The minimum atomic E-state index is 0.0790. The fourth-order valence-electron chi connectivity index (χ4n) is 2.62. The maximum atomic E-state index is 6.58. The number of nitrogens with two attached hydrogens (primary N) is 1. The fraction of sp³-hybridized carbons (Fsp3) is 0.438. The van der Waals surface area contributed by atoms with Gasteiger partial charge in [0.25, 0.3) is 0 Å². The molecule has 2 aromatic rings. The van der Waals surface area contributed by atoms with Gasteiger partial charge in [0.15, 0.2) is 0 Å². The van der Waals surface area contributed by atoms with Gasteiger partial charge in [0, 0.05) is 45.3 Å². The number of aromatic nitrogens is 1. The highest BCUT2D eigenvalue weighted by Gasteiger charge is 2.30. The van der Waals surface area contributed by atoms with Crippen molar-refractivity contribution in [2.24, 2.45) is 5.73 Å². The molecule has 0 bridgehead atoms. The van der Waals surface area contributed by atoms with Gasteiger partial charge < -0.3 is 5.73 Å². The van der Waals surface area contributed by atoms with Gasteiger partial charge >= 0.3 is 0 Å². The predicted molar refractivity (Wildman–Crippen MR) is 91.4 cm³/mol. The van der Waals surface area contributed by atoms with Crippen molar-refractivity contribution < 1.29 is 0 Å². The van der Waals surface area contributed by atoms with Crippen LogP contribution in [0.2, 0.25) is 0 Å². The van der Waals surface area contributed by atoms with Gasteiger partial charge in [-0.3, -0.25) is 4.98 Å². The van der Waals surface area contributed by atoms with Gasteiger partial charge in [-0.2, -0.15) is 23.5 Å². The van der Waals surface area contributed by atoms with Crippen LogP contribution in [0.25, 0.3) is 10.8 Å². The van der Waals surface area contributed by atoms with Crippen LogP contribution < -0.4 is 5.73 Å². The second-order valence-corrected chi connectivity index (χ2v) is 8.42. The standard InChI is InChI=1S/C16H20N2S2/c1-10-11(2)20-15(9-19-10)16(17)13-5-3-4-12-6-7-18-8-14(12)13/h3-8,10-11,15-16H,9,17H2,1-2H3. The molecule has 4 atom stereocenters. The molecule has 1 aliphatic rings. The highest BCUT2D eigenvalue weighted by molar-refractivity contribution is 8.07. The maximum absolute atomic E-state index is 6.58. The molecule has 3 rings (SSSR count). The zero-order valence-electron chi connectivity index (χ0n) is 11.8. The van der Waals surface area contributed by atoms with E-state index in [0.29, 0.717) is 10.5 Å². The summed E-state index contributed by atoms with van der Waals surface area (Å²) in [6, 6.07) is 8.52. The summed E-state index contributed by atoms with van der Waals surface area (Å²) in [7, 11) is 0. The lowest BCUT2D eigenvalue weighted by atomic mass is 9.99. The number of fused-ring (bicyclic) bond motifs is 1. The molecule has 0 spiro atoms. The minimum Gasteiger partial charge on any atom is -0.323 e. The topological polar surface area (TPSA) is 38.9 Å². The number of hydrogen-bond donors (Lipinski definition) is 1. The Morgan fingerprint density at radius 1 is 1.25 bits per heavy atom. The molecule has 0 radical (unpaired) electrons. The van der Waals surface area contributed by atoms with Gasteiger partial charge in [-0.1, -0.05) is 32.0 Å². The fourth-order valence-corrected chi connectivity index (χ4v) is 5.66. The highest BCUT2D eigenvalue weighted by Crippen LogP contribution is 2.41. The summed E-state index contributed by atoms with van der Waals surface area (Å²) < 4.78 is 0. The summed E-state index contributed by atoms with van der Waals surface area (Å²) >= 11 is 4.09. The van der Waals surface area contributed by atoms with Crippen LogP contribution in [0, 0.1) is 0 Å². The summed E-state index contributed by atoms with van der Waals surface area (Å²) in [5.41, 5.74) is 7.81. The lowest BCUT2D eigenvalue weighted by Crippen LogP contribution is -2.34. The van der Waals surface area contributed by atoms with Crippen molar-refractivity contribution in [1.82, 2.24) is 4.98 Å². The van der Waals surface area contributed by atoms with Gasteiger partial charge in [0.05, 0.1) is 0 Å². The predicted octanol–water partition coefficient (Wildman–Crippen LogP) is 3.86. The maximum Gasteiger partial charge on any atom is 0.0430 e. The molecular formula is C16H20N2S2. The molecule has 1 aliphatic heterocycles. The van der Waals surface area contributed by atoms with Crippen molar-refractivity contribution in [2.75, 3.05) is 5.75 Å². The first-order valence-corrected chi connectivity index (χ1v) is 9.01. The normalized spacial score (nSPS) is 28.4. The van der Waals surface area contributed by atoms with Crippen molar-refractivity contribution in [1.29, 1.82) is 0 Å². The van der Waals surface area contributed by atoms with Crippen LogP contribution in [0.4, 0.5) is 0 Å². The van der Waals surface area contributed by atoms with E-state index in [9.17, 15) is 0 Å². The third-order valence-electron chi connectivity index (χ3n) is 4.05. The van der Waals surface area contributed by atoms with E-state index in [1.165, 1.54) is 16.3 Å². The summed E-state index contributed by atoms with van der Waals surface area (Å²) in [5, 5.41) is 4.29. The first-order valence-electron chi connectivity index (χ1n) is 7.02. The molecule has 1 aromatic heterocycles. The van der Waals surface area contributed by atoms with E-state index in [1.807, 2.05) is 35.9 Å². The molecule has 1 saturated heterocycles. The minimum absolute atomic E-state index is 0.0790. The van der Waals surface area contributed by atoms with Crippen LogP contribution in [0.3, 0.4) is 0 Å². The quantitative estimate of drug-likeness (QED) is 0.914. The van der Waals surface area contributed by atoms with E-state index in [1.54, 1.807) is 0 Å². The van der Waals surface area contributed by atoms with Crippen LogP contribution in [-0.4, -0.2) is 26.5 Å². The average molecular weight is 304 g/mol. The second-order valence-electron chi connectivity index (χ2n) is 5.39. The molecule has 106 valence electrons.